The molecule has 3 atom stereocenters. The van der Waals surface area contributed by atoms with Crippen LogP contribution in [0.5, 0.6) is 0 Å². The molecular weight excluding hydrogens is 310 g/mol. The lowest BCUT2D eigenvalue weighted by atomic mass is 10.0. The van der Waals surface area contributed by atoms with Gasteiger partial charge in [-0.05, 0) is 18.1 Å². The third-order valence-electron chi connectivity index (χ3n) is 3.86. The van der Waals surface area contributed by atoms with Crippen LogP contribution in [0.4, 0.5) is 4.79 Å². The Bertz CT molecular complexity index is 447. The van der Waals surface area contributed by atoms with E-state index in [4.69, 9.17) is 0 Å². The van der Waals surface area contributed by atoms with Gasteiger partial charge >= 0.3 is 6.03 Å². The molecule has 0 bridgehead atoms. The van der Waals surface area contributed by atoms with Crippen LogP contribution < -0.4 is 16.1 Å². The zero-order valence-electron chi connectivity index (χ0n) is 12.1. The molecule has 2 amide bonds. The molecule has 124 valence electrons. The quantitative estimate of drug-likeness (QED) is 0.187. The van der Waals surface area contributed by atoms with E-state index in [9.17, 15) is 20.0 Å². The number of unbranched alkanes of at least 4 members (excludes halogenated alkanes) is 1. The van der Waals surface area contributed by atoms with Gasteiger partial charge in [0, 0.05) is 28.8 Å². The molecule has 2 aliphatic rings. The Morgan fingerprint density at radius 3 is 3.00 bits per heavy atom. The van der Waals surface area contributed by atoms with Crippen molar-refractivity contribution in [3.63, 3.8) is 0 Å². The lowest BCUT2D eigenvalue weighted by molar-refractivity contribution is -0.586. The van der Waals surface area contributed by atoms with E-state index in [2.05, 4.69) is 21.3 Å². The number of rotatable bonds is 9. The average Bonchev–Trinajstić information content (AvgIpc) is 3.03. The summed E-state index contributed by atoms with van der Waals surface area (Å²) in [7, 11) is 0. The maximum Gasteiger partial charge on any atom is 0.315 e. The summed E-state index contributed by atoms with van der Waals surface area (Å²) >= 11 is 1.86. The van der Waals surface area contributed by atoms with Crippen LogP contribution in [0.3, 0.4) is 0 Å². The van der Waals surface area contributed by atoms with Crippen molar-refractivity contribution in [2.75, 3.05) is 12.3 Å². The van der Waals surface area contributed by atoms with Crippen LogP contribution in [-0.2, 0) is 4.79 Å². The minimum Gasteiger partial charge on any atom is -0.737 e. The molecule has 2 saturated heterocycles. The van der Waals surface area contributed by atoms with Crippen LogP contribution in [0.1, 0.15) is 32.1 Å². The average molecular weight is 330 g/mol. The van der Waals surface area contributed by atoms with Crippen molar-refractivity contribution in [3.05, 3.63) is 10.4 Å². The van der Waals surface area contributed by atoms with E-state index >= 15 is 0 Å². The molecule has 0 aliphatic carbocycles. The van der Waals surface area contributed by atoms with Crippen LogP contribution in [0.15, 0.2) is 5.28 Å². The number of carbonyl (C=O) groups is 2. The summed E-state index contributed by atoms with van der Waals surface area (Å²) in [6.07, 6.45) is 3.37. The lowest BCUT2D eigenvalue weighted by Gasteiger charge is -2.16. The first-order valence-electron chi connectivity index (χ1n) is 7.34. The predicted molar refractivity (Wildman–Crippen MR) is 81.0 cm³/mol. The first kappa shape index (κ1) is 16.7. The molecule has 0 saturated carbocycles. The van der Waals surface area contributed by atoms with Crippen LogP contribution in [0, 0.1) is 10.4 Å². The van der Waals surface area contributed by atoms with Crippen molar-refractivity contribution in [2.45, 2.75) is 49.4 Å². The highest BCUT2D eigenvalue weighted by Crippen LogP contribution is 2.33. The molecule has 0 radical (unpaired) electrons. The molecule has 2 rings (SSSR count). The molecule has 10 heteroatoms. The summed E-state index contributed by atoms with van der Waals surface area (Å²) < 4.78 is 0. The molecule has 9 nitrogen and oxygen atoms in total. The van der Waals surface area contributed by atoms with Gasteiger partial charge < -0.3 is 21.0 Å². The number of urea groups is 1. The van der Waals surface area contributed by atoms with Crippen molar-refractivity contribution >= 4 is 23.6 Å². The molecule has 0 aromatic rings. The first-order chi connectivity index (χ1) is 10.6. The van der Waals surface area contributed by atoms with Gasteiger partial charge in [0.05, 0.1) is 18.6 Å². The molecule has 3 unspecified atom stereocenters. The fourth-order valence-corrected chi connectivity index (χ4v) is 4.30. The Hall–Kier alpha value is -1.71. The number of amides is 2. The van der Waals surface area contributed by atoms with Gasteiger partial charge in [0.25, 0.3) is 0 Å². The molecule has 0 aromatic heterocycles. The van der Waals surface area contributed by atoms with Gasteiger partial charge in [-0.1, -0.05) is 6.42 Å². The number of Topliss-reactive ketones (excluding diaryl/α,β-unsaturated/α-hetero) is 1. The molecule has 2 fully saturated rings. The highest BCUT2D eigenvalue weighted by Gasteiger charge is 2.42. The van der Waals surface area contributed by atoms with E-state index in [-0.39, 0.29) is 41.8 Å². The standard InChI is InChI=1S/C12H21N5O4S/c18-8(5-6-13-17(21)16-20)3-1-2-4-10-11-9(7-22-10)14-12(19)15-11/h9-11,20H,1-7H2,(H,13,16)(H2,14,15,19)/p-1. The van der Waals surface area contributed by atoms with Gasteiger partial charge in [0.15, 0.2) is 0 Å². The predicted octanol–water partition coefficient (Wildman–Crippen LogP) is 0.636. The third-order valence-corrected chi connectivity index (χ3v) is 5.37. The largest absolute Gasteiger partial charge is 0.737 e. The van der Waals surface area contributed by atoms with Crippen molar-refractivity contribution in [1.29, 1.82) is 0 Å². The molecule has 0 aromatic carbocycles. The van der Waals surface area contributed by atoms with E-state index in [1.807, 2.05) is 11.8 Å². The minimum absolute atomic E-state index is 0.0552. The van der Waals surface area contributed by atoms with Crippen molar-refractivity contribution in [2.24, 2.45) is 5.28 Å². The summed E-state index contributed by atoms with van der Waals surface area (Å²) in [4.78, 5) is 22.7. The SMILES string of the molecule is O=C(CCCCC1SCC2NC(=O)NC21)CCN/[N+]([O-])=N/[O-]. The highest BCUT2D eigenvalue weighted by molar-refractivity contribution is 8.00. The second-order valence-corrected chi connectivity index (χ2v) is 6.69. The van der Waals surface area contributed by atoms with Crippen LogP contribution in [0.2, 0.25) is 0 Å². The second kappa shape index (κ2) is 8.06. The fourth-order valence-electron chi connectivity index (χ4n) is 2.76. The topological polar surface area (TPSA) is 132 Å². The number of hydrogen-bond donors (Lipinski definition) is 3. The number of fused-ring (bicyclic) bond motifs is 1. The molecular formula is C12H20N5O4S-. The van der Waals surface area contributed by atoms with Gasteiger partial charge in [0.2, 0.25) is 0 Å². The monoisotopic (exact) mass is 330 g/mol. The smallest absolute Gasteiger partial charge is 0.315 e. The van der Waals surface area contributed by atoms with E-state index < -0.39 is 0 Å². The normalized spacial score (nSPS) is 27.2. The maximum atomic E-state index is 11.6. The number of hydrogen-bond acceptors (Lipinski definition) is 6. The molecule has 3 N–H and O–H groups in total. The summed E-state index contributed by atoms with van der Waals surface area (Å²) in [6.45, 7) is 0.119. The van der Waals surface area contributed by atoms with Gasteiger partial charge in [0.1, 0.15) is 5.78 Å². The highest BCUT2D eigenvalue weighted by atomic mass is 32.2. The molecule has 0 spiro atoms. The van der Waals surface area contributed by atoms with E-state index in [1.165, 1.54) is 0 Å². The summed E-state index contributed by atoms with van der Waals surface area (Å²) in [6, 6.07) is 0.355. The number of hydrazine groups is 1. The number of carbonyl (C=O) groups excluding carboxylic acids is 2. The summed E-state index contributed by atoms with van der Waals surface area (Å²) in [5.41, 5.74) is 2.16. The summed E-state index contributed by atoms with van der Waals surface area (Å²) in [5, 5.41) is 28.7. The van der Waals surface area contributed by atoms with Gasteiger partial charge in [-0.15, -0.1) is 0 Å². The van der Waals surface area contributed by atoms with E-state index in [0.717, 1.165) is 25.0 Å². The lowest BCUT2D eigenvalue weighted by Crippen LogP contribution is -2.36. The Morgan fingerprint density at radius 2 is 2.23 bits per heavy atom. The Kier molecular flexibility index (Phi) is 6.10. The minimum atomic E-state index is -0.190. The first-order valence-corrected chi connectivity index (χ1v) is 8.39. The van der Waals surface area contributed by atoms with Crippen LogP contribution >= 0.6 is 11.8 Å². The second-order valence-electron chi connectivity index (χ2n) is 5.42. The van der Waals surface area contributed by atoms with E-state index in [1.54, 1.807) is 0 Å². The molecule has 22 heavy (non-hydrogen) atoms. The van der Waals surface area contributed by atoms with Crippen LogP contribution in [0.25, 0.3) is 0 Å². The number of nitrogens with zero attached hydrogens (tertiary/aromatic N) is 2. The van der Waals surface area contributed by atoms with Crippen LogP contribution in [-0.4, -0.2) is 46.4 Å². The maximum absolute atomic E-state index is 11.6. The zero-order valence-corrected chi connectivity index (χ0v) is 12.9. The van der Waals surface area contributed by atoms with E-state index in [0.29, 0.717) is 11.7 Å². The van der Waals surface area contributed by atoms with Gasteiger partial charge in [-0.25, -0.2) is 4.79 Å². The molecule has 2 aliphatic heterocycles. The zero-order chi connectivity index (χ0) is 15.9. The Labute approximate surface area is 132 Å². The van der Waals surface area contributed by atoms with Crippen molar-refractivity contribution in [3.8, 4) is 0 Å². The third kappa shape index (κ3) is 4.65. The van der Waals surface area contributed by atoms with Gasteiger partial charge in [-0.2, -0.15) is 17.2 Å². The number of thioether (sulfide) groups is 1. The Balaban J connectivity index is 1.54. The number of nitrogens with one attached hydrogen (secondary N) is 3. The molecule has 2 heterocycles. The Morgan fingerprint density at radius 1 is 1.41 bits per heavy atom. The fraction of sp³-hybridized carbons (Fsp3) is 0.833. The van der Waals surface area contributed by atoms with Crippen molar-refractivity contribution in [1.82, 2.24) is 16.1 Å². The van der Waals surface area contributed by atoms with Crippen molar-refractivity contribution < 1.29 is 14.6 Å². The van der Waals surface area contributed by atoms with Gasteiger partial charge in [-0.3, -0.25) is 4.79 Å². The number of ketones is 1. The summed E-state index contributed by atoms with van der Waals surface area (Å²) in [5.74, 6) is 0.995.